The SMILES string of the molecule is CCn1c(CO)nnc1-c1ccc(Cl)c(Cl)c1. The van der Waals surface area contributed by atoms with Crippen molar-refractivity contribution in [3.63, 3.8) is 0 Å². The Hall–Kier alpha value is -1.10. The van der Waals surface area contributed by atoms with E-state index in [4.69, 9.17) is 28.3 Å². The number of hydrogen-bond acceptors (Lipinski definition) is 3. The van der Waals surface area contributed by atoms with Crippen LogP contribution in [0.4, 0.5) is 0 Å². The number of aliphatic hydroxyl groups excluding tert-OH is 1. The average Bonchev–Trinajstić information content (AvgIpc) is 2.75. The summed E-state index contributed by atoms with van der Waals surface area (Å²) in [5.41, 5.74) is 0.827. The Balaban J connectivity index is 2.52. The number of aromatic nitrogens is 3. The molecule has 0 radical (unpaired) electrons. The first-order valence-electron chi connectivity index (χ1n) is 5.15. The van der Waals surface area contributed by atoms with Crippen LogP contribution in [-0.2, 0) is 13.2 Å². The molecular formula is C11H11Cl2N3O. The Morgan fingerprint density at radius 2 is 2.00 bits per heavy atom. The first kappa shape index (κ1) is 12.4. The van der Waals surface area contributed by atoms with E-state index in [0.29, 0.717) is 28.2 Å². The van der Waals surface area contributed by atoms with Crippen LogP contribution in [0.5, 0.6) is 0 Å². The number of nitrogens with zero attached hydrogens (tertiary/aromatic N) is 3. The fourth-order valence-corrected chi connectivity index (χ4v) is 1.93. The van der Waals surface area contributed by atoms with Gasteiger partial charge in [0.15, 0.2) is 11.6 Å². The van der Waals surface area contributed by atoms with Crippen LogP contribution in [-0.4, -0.2) is 19.9 Å². The van der Waals surface area contributed by atoms with E-state index >= 15 is 0 Å². The van der Waals surface area contributed by atoms with Crippen LogP contribution in [0.2, 0.25) is 10.0 Å². The van der Waals surface area contributed by atoms with Crippen LogP contribution in [0.3, 0.4) is 0 Å². The van der Waals surface area contributed by atoms with Gasteiger partial charge < -0.3 is 9.67 Å². The van der Waals surface area contributed by atoms with Crippen molar-refractivity contribution >= 4 is 23.2 Å². The van der Waals surface area contributed by atoms with E-state index < -0.39 is 0 Å². The van der Waals surface area contributed by atoms with Crippen LogP contribution < -0.4 is 0 Å². The first-order valence-corrected chi connectivity index (χ1v) is 5.91. The van der Waals surface area contributed by atoms with E-state index in [1.165, 1.54) is 0 Å². The third-order valence-electron chi connectivity index (χ3n) is 2.46. The van der Waals surface area contributed by atoms with Crippen LogP contribution in [0.1, 0.15) is 12.7 Å². The normalized spacial score (nSPS) is 10.8. The van der Waals surface area contributed by atoms with Gasteiger partial charge in [0.05, 0.1) is 10.0 Å². The molecule has 1 aromatic heterocycles. The summed E-state index contributed by atoms with van der Waals surface area (Å²) in [7, 11) is 0. The summed E-state index contributed by atoms with van der Waals surface area (Å²) in [6, 6.07) is 5.28. The van der Waals surface area contributed by atoms with Crippen LogP contribution in [0.25, 0.3) is 11.4 Å². The minimum atomic E-state index is -0.137. The Morgan fingerprint density at radius 3 is 2.59 bits per heavy atom. The fraction of sp³-hybridized carbons (Fsp3) is 0.273. The van der Waals surface area contributed by atoms with Crippen molar-refractivity contribution in [1.82, 2.24) is 14.8 Å². The maximum absolute atomic E-state index is 9.14. The molecule has 1 aromatic carbocycles. The van der Waals surface area contributed by atoms with Crippen molar-refractivity contribution in [2.45, 2.75) is 20.1 Å². The lowest BCUT2D eigenvalue weighted by atomic mass is 10.2. The third kappa shape index (κ3) is 2.29. The van der Waals surface area contributed by atoms with Gasteiger partial charge in [-0.2, -0.15) is 0 Å². The first-order chi connectivity index (χ1) is 8.17. The lowest BCUT2D eigenvalue weighted by Gasteiger charge is -2.06. The highest BCUT2D eigenvalue weighted by atomic mass is 35.5. The minimum absolute atomic E-state index is 0.137. The summed E-state index contributed by atoms with van der Waals surface area (Å²) in [5.74, 6) is 1.21. The van der Waals surface area contributed by atoms with E-state index in [1.807, 2.05) is 17.6 Å². The van der Waals surface area contributed by atoms with Gasteiger partial charge in [0, 0.05) is 12.1 Å². The van der Waals surface area contributed by atoms with E-state index in [9.17, 15) is 0 Å². The van der Waals surface area contributed by atoms with Crippen LogP contribution in [0.15, 0.2) is 18.2 Å². The summed E-state index contributed by atoms with van der Waals surface area (Å²) in [6.07, 6.45) is 0. The molecule has 0 saturated heterocycles. The number of rotatable bonds is 3. The van der Waals surface area contributed by atoms with Gasteiger partial charge in [0.25, 0.3) is 0 Å². The summed E-state index contributed by atoms with van der Waals surface area (Å²) in [6.45, 7) is 2.50. The predicted molar refractivity (Wildman–Crippen MR) is 67.1 cm³/mol. The van der Waals surface area contributed by atoms with Crippen molar-refractivity contribution in [2.24, 2.45) is 0 Å². The Bertz CT molecular complexity index is 540. The van der Waals surface area contributed by atoms with Gasteiger partial charge in [-0.05, 0) is 25.1 Å². The van der Waals surface area contributed by atoms with E-state index in [0.717, 1.165) is 5.56 Å². The van der Waals surface area contributed by atoms with Crippen molar-refractivity contribution in [1.29, 1.82) is 0 Å². The zero-order valence-electron chi connectivity index (χ0n) is 9.19. The van der Waals surface area contributed by atoms with Gasteiger partial charge >= 0.3 is 0 Å². The molecule has 0 aliphatic heterocycles. The van der Waals surface area contributed by atoms with Gasteiger partial charge in [-0.1, -0.05) is 23.2 Å². The lowest BCUT2D eigenvalue weighted by molar-refractivity contribution is 0.265. The van der Waals surface area contributed by atoms with E-state index in [1.54, 1.807) is 12.1 Å². The second kappa shape index (κ2) is 5.04. The minimum Gasteiger partial charge on any atom is -0.388 e. The summed E-state index contributed by atoms with van der Waals surface area (Å²) < 4.78 is 1.83. The number of hydrogen-bond donors (Lipinski definition) is 1. The van der Waals surface area contributed by atoms with Crippen LogP contribution >= 0.6 is 23.2 Å². The molecule has 0 spiro atoms. The van der Waals surface area contributed by atoms with Crippen molar-refractivity contribution < 1.29 is 5.11 Å². The van der Waals surface area contributed by atoms with E-state index in [-0.39, 0.29) is 6.61 Å². The molecule has 0 saturated carbocycles. The number of benzene rings is 1. The molecule has 0 aliphatic carbocycles. The van der Waals surface area contributed by atoms with Gasteiger partial charge in [0.1, 0.15) is 6.61 Å². The number of aliphatic hydroxyl groups is 1. The maximum atomic E-state index is 9.14. The third-order valence-corrected chi connectivity index (χ3v) is 3.20. The molecule has 2 aromatic rings. The molecule has 0 amide bonds. The fourth-order valence-electron chi connectivity index (χ4n) is 1.63. The Labute approximate surface area is 109 Å². The molecule has 4 nitrogen and oxygen atoms in total. The Morgan fingerprint density at radius 1 is 1.24 bits per heavy atom. The smallest absolute Gasteiger partial charge is 0.164 e. The molecule has 1 heterocycles. The topological polar surface area (TPSA) is 50.9 Å². The highest BCUT2D eigenvalue weighted by molar-refractivity contribution is 6.42. The molecule has 1 N–H and O–H groups in total. The molecule has 0 aliphatic rings. The second-order valence-electron chi connectivity index (χ2n) is 3.47. The molecule has 90 valence electrons. The quantitative estimate of drug-likeness (QED) is 0.934. The highest BCUT2D eigenvalue weighted by Gasteiger charge is 2.12. The van der Waals surface area contributed by atoms with Gasteiger partial charge in [-0.3, -0.25) is 0 Å². The van der Waals surface area contributed by atoms with Gasteiger partial charge in [-0.15, -0.1) is 10.2 Å². The average molecular weight is 272 g/mol. The summed E-state index contributed by atoms with van der Waals surface area (Å²) in [4.78, 5) is 0. The van der Waals surface area contributed by atoms with Crippen molar-refractivity contribution in [2.75, 3.05) is 0 Å². The second-order valence-corrected chi connectivity index (χ2v) is 4.29. The zero-order chi connectivity index (χ0) is 12.4. The molecule has 2 rings (SSSR count). The van der Waals surface area contributed by atoms with Gasteiger partial charge in [0.2, 0.25) is 0 Å². The summed E-state index contributed by atoms with van der Waals surface area (Å²) >= 11 is 11.8. The van der Waals surface area contributed by atoms with Crippen molar-refractivity contribution in [3.8, 4) is 11.4 Å². The lowest BCUT2D eigenvalue weighted by Crippen LogP contribution is -2.03. The number of halogens is 2. The maximum Gasteiger partial charge on any atom is 0.164 e. The Kier molecular flexibility index (Phi) is 3.66. The molecule has 17 heavy (non-hydrogen) atoms. The summed E-state index contributed by atoms with van der Waals surface area (Å²) in [5, 5.41) is 18.1. The predicted octanol–water partition coefficient (Wildman–Crippen LogP) is 2.76. The molecular weight excluding hydrogens is 261 g/mol. The monoisotopic (exact) mass is 271 g/mol. The molecule has 0 bridgehead atoms. The molecule has 0 atom stereocenters. The zero-order valence-corrected chi connectivity index (χ0v) is 10.7. The van der Waals surface area contributed by atoms with Crippen molar-refractivity contribution in [3.05, 3.63) is 34.1 Å². The van der Waals surface area contributed by atoms with Crippen LogP contribution in [0, 0.1) is 0 Å². The highest BCUT2D eigenvalue weighted by Crippen LogP contribution is 2.27. The largest absolute Gasteiger partial charge is 0.388 e. The molecule has 0 fully saturated rings. The standard InChI is InChI=1S/C11H11Cl2N3O/c1-2-16-10(6-17)14-15-11(16)7-3-4-8(12)9(13)5-7/h3-5,17H,2,6H2,1H3. The van der Waals surface area contributed by atoms with Gasteiger partial charge in [-0.25, -0.2) is 0 Å². The molecule has 0 unspecified atom stereocenters. The van der Waals surface area contributed by atoms with E-state index in [2.05, 4.69) is 10.2 Å². The molecule has 6 heteroatoms.